The highest BCUT2D eigenvalue weighted by Gasteiger charge is 2.37. The van der Waals surface area contributed by atoms with Gasteiger partial charge in [0.15, 0.2) is 0 Å². The van der Waals surface area contributed by atoms with Crippen molar-refractivity contribution in [3.8, 4) is 0 Å². The summed E-state index contributed by atoms with van der Waals surface area (Å²) in [6.45, 7) is 0. The summed E-state index contributed by atoms with van der Waals surface area (Å²) >= 11 is 8.00. The molecule has 0 radical (unpaired) electrons. The van der Waals surface area contributed by atoms with E-state index in [-0.39, 0.29) is 0 Å². The first kappa shape index (κ1) is 16.9. The second kappa shape index (κ2) is 9.91. The molecule has 1 unspecified atom stereocenters. The molecule has 6 heteroatoms. The molecule has 98 valence electrons. The Morgan fingerprint density at radius 2 is 1.62 bits per heavy atom. The molecule has 0 aliphatic heterocycles. The minimum Gasteiger partial charge on any atom is -0.377 e. The smallest absolute Gasteiger partial charge is 0.377 e. The van der Waals surface area contributed by atoms with Gasteiger partial charge < -0.3 is 13.3 Å². The Bertz CT molecular complexity index is 162. The van der Waals surface area contributed by atoms with Crippen molar-refractivity contribution < 1.29 is 13.3 Å². The van der Waals surface area contributed by atoms with Gasteiger partial charge in [0, 0.05) is 38.0 Å². The van der Waals surface area contributed by atoms with Crippen molar-refractivity contribution in [3.63, 3.8) is 0 Å². The zero-order valence-electron chi connectivity index (χ0n) is 10.4. The fourth-order valence-corrected chi connectivity index (χ4v) is 4.28. The van der Waals surface area contributed by atoms with E-state index in [2.05, 4.69) is 28.6 Å². The van der Waals surface area contributed by atoms with Crippen molar-refractivity contribution >= 4 is 37.4 Å². The van der Waals surface area contributed by atoms with E-state index < -0.39 is 8.80 Å². The lowest BCUT2D eigenvalue weighted by Crippen LogP contribution is -2.43. The Labute approximate surface area is 114 Å². The van der Waals surface area contributed by atoms with Gasteiger partial charge in [-0.15, -0.1) is 0 Å². The first-order valence-corrected chi connectivity index (χ1v) is 9.10. The highest BCUT2D eigenvalue weighted by Crippen LogP contribution is 2.21. The van der Waals surface area contributed by atoms with E-state index in [1.807, 2.05) is 0 Å². The molecule has 0 saturated heterocycles. The topological polar surface area (TPSA) is 27.7 Å². The molecule has 0 aromatic carbocycles. The maximum absolute atomic E-state index is 5.37. The molecule has 1 atom stereocenters. The molecular formula is C10H23BrO3SSi. The first-order valence-electron chi connectivity index (χ1n) is 5.53. The van der Waals surface area contributed by atoms with Crippen molar-refractivity contribution in [2.45, 2.75) is 37.0 Å². The van der Waals surface area contributed by atoms with Crippen LogP contribution >= 0.6 is 28.6 Å². The molecule has 0 spiro atoms. The Hall–Kier alpha value is 0.927. The summed E-state index contributed by atoms with van der Waals surface area (Å²) in [5.74, 6) is 0. The van der Waals surface area contributed by atoms with Crippen LogP contribution in [0.15, 0.2) is 0 Å². The van der Waals surface area contributed by atoms with Crippen LogP contribution in [0.3, 0.4) is 0 Å². The normalized spacial score (nSPS) is 14.1. The average Bonchev–Trinajstić information content (AvgIpc) is 2.32. The second-order valence-electron chi connectivity index (χ2n) is 3.67. The van der Waals surface area contributed by atoms with E-state index in [0.29, 0.717) is 5.25 Å². The van der Waals surface area contributed by atoms with E-state index in [1.165, 1.54) is 12.8 Å². The third kappa shape index (κ3) is 6.61. The number of rotatable bonds is 10. The molecule has 3 nitrogen and oxygen atoms in total. The molecule has 0 N–H and O–H groups in total. The Morgan fingerprint density at radius 3 is 2.06 bits per heavy atom. The number of unbranched alkanes of at least 4 members (excludes halogenated alkanes) is 1. The van der Waals surface area contributed by atoms with Crippen molar-refractivity contribution in [2.24, 2.45) is 0 Å². The van der Waals surface area contributed by atoms with Crippen LogP contribution in [0.4, 0.5) is 0 Å². The summed E-state index contributed by atoms with van der Waals surface area (Å²) in [6, 6.07) is 0.832. The van der Waals surface area contributed by atoms with Gasteiger partial charge in [-0.3, -0.25) is 0 Å². The lowest BCUT2D eigenvalue weighted by Gasteiger charge is -2.25. The molecule has 0 bridgehead atoms. The van der Waals surface area contributed by atoms with Gasteiger partial charge in [-0.05, 0) is 19.3 Å². The summed E-state index contributed by atoms with van der Waals surface area (Å²) in [4.78, 5) is 0. The van der Waals surface area contributed by atoms with Gasteiger partial charge in [-0.1, -0.05) is 22.4 Å². The standard InChI is InChI=1S/C10H23BrO3SSi/c1-12-16(13-2,14-3)9-7-10(15)6-4-5-8-11/h10,15H,4-9H2,1-3H3. The molecule has 0 amide bonds. The van der Waals surface area contributed by atoms with Crippen LogP contribution in [0.25, 0.3) is 0 Å². The molecular weight excluding hydrogens is 308 g/mol. The molecule has 0 fully saturated rings. The van der Waals surface area contributed by atoms with E-state index in [4.69, 9.17) is 13.3 Å². The van der Waals surface area contributed by atoms with Crippen LogP contribution < -0.4 is 0 Å². The number of thiol groups is 1. The van der Waals surface area contributed by atoms with Gasteiger partial charge >= 0.3 is 8.80 Å². The van der Waals surface area contributed by atoms with Gasteiger partial charge in [0.2, 0.25) is 0 Å². The van der Waals surface area contributed by atoms with Gasteiger partial charge in [0.05, 0.1) is 0 Å². The number of alkyl halides is 1. The van der Waals surface area contributed by atoms with Crippen molar-refractivity contribution in [3.05, 3.63) is 0 Å². The lowest BCUT2D eigenvalue weighted by molar-refractivity contribution is 0.123. The van der Waals surface area contributed by atoms with Crippen LogP contribution in [-0.4, -0.2) is 40.7 Å². The molecule has 16 heavy (non-hydrogen) atoms. The number of halogens is 1. The SMILES string of the molecule is CO[Si](CCC(S)CCCCBr)(OC)OC. The molecule has 0 rings (SSSR count). The molecule has 0 saturated carbocycles. The molecule has 0 aromatic rings. The average molecular weight is 331 g/mol. The monoisotopic (exact) mass is 330 g/mol. The highest BCUT2D eigenvalue weighted by molar-refractivity contribution is 9.09. The van der Waals surface area contributed by atoms with Crippen LogP contribution in [-0.2, 0) is 13.3 Å². The van der Waals surface area contributed by atoms with Crippen LogP contribution in [0.5, 0.6) is 0 Å². The maximum atomic E-state index is 5.37. The zero-order chi connectivity index (χ0) is 12.4. The van der Waals surface area contributed by atoms with Gasteiger partial charge in [0.1, 0.15) is 0 Å². The summed E-state index contributed by atoms with van der Waals surface area (Å²) < 4.78 is 16.1. The summed E-state index contributed by atoms with van der Waals surface area (Å²) in [5, 5.41) is 1.48. The molecule has 0 aliphatic rings. The van der Waals surface area contributed by atoms with Gasteiger partial charge in [0.25, 0.3) is 0 Å². The van der Waals surface area contributed by atoms with Crippen LogP contribution in [0, 0.1) is 0 Å². The highest BCUT2D eigenvalue weighted by atomic mass is 79.9. The lowest BCUT2D eigenvalue weighted by atomic mass is 10.2. The Balaban J connectivity index is 3.82. The van der Waals surface area contributed by atoms with Crippen molar-refractivity contribution in [1.82, 2.24) is 0 Å². The van der Waals surface area contributed by atoms with Gasteiger partial charge in [-0.25, -0.2) is 0 Å². The minimum atomic E-state index is -2.39. The first-order chi connectivity index (χ1) is 7.64. The molecule has 0 heterocycles. The van der Waals surface area contributed by atoms with E-state index in [1.54, 1.807) is 21.3 Å². The molecule has 0 aliphatic carbocycles. The van der Waals surface area contributed by atoms with Crippen LogP contribution in [0.1, 0.15) is 25.7 Å². The van der Waals surface area contributed by atoms with Crippen molar-refractivity contribution in [2.75, 3.05) is 26.7 Å². The second-order valence-corrected chi connectivity index (χ2v) is 8.29. The van der Waals surface area contributed by atoms with Crippen LogP contribution in [0.2, 0.25) is 6.04 Å². The summed E-state index contributed by atoms with van der Waals surface area (Å²) in [5.41, 5.74) is 0. The largest absolute Gasteiger partial charge is 0.500 e. The van der Waals surface area contributed by atoms with Crippen molar-refractivity contribution in [1.29, 1.82) is 0 Å². The fraction of sp³-hybridized carbons (Fsp3) is 1.00. The van der Waals surface area contributed by atoms with E-state index in [0.717, 1.165) is 24.2 Å². The van der Waals surface area contributed by atoms with E-state index >= 15 is 0 Å². The predicted octanol–water partition coefficient (Wildman–Crippen LogP) is 3.12. The number of hydrogen-bond acceptors (Lipinski definition) is 4. The Kier molecular flexibility index (Phi) is 10.5. The van der Waals surface area contributed by atoms with Gasteiger partial charge in [-0.2, -0.15) is 12.6 Å². The fourth-order valence-electron chi connectivity index (χ4n) is 1.52. The summed E-state index contributed by atoms with van der Waals surface area (Å²) in [6.07, 6.45) is 4.53. The summed E-state index contributed by atoms with van der Waals surface area (Å²) in [7, 11) is 2.57. The zero-order valence-corrected chi connectivity index (χ0v) is 13.9. The Morgan fingerprint density at radius 1 is 1.06 bits per heavy atom. The van der Waals surface area contributed by atoms with E-state index in [9.17, 15) is 0 Å². The quantitative estimate of drug-likeness (QED) is 0.288. The third-order valence-corrected chi connectivity index (χ3v) is 6.48. The number of hydrogen-bond donors (Lipinski definition) is 1. The minimum absolute atomic E-state index is 0.409. The third-order valence-electron chi connectivity index (χ3n) is 2.64. The predicted molar refractivity (Wildman–Crippen MR) is 76.6 cm³/mol. The molecule has 0 aromatic heterocycles. The maximum Gasteiger partial charge on any atom is 0.500 e.